The number of rotatable bonds is 17. The monoisotopic (exact) mass is 869 g/mol. The van der Waals surface area contributed by atoms with Gasteiger partial charge in [0, 0.05) is 25.4 Å². The first kappa shape index (κ1) is 50.0. The predicted octanol–water partition coefficient (Wildman–Crippen LogP) is 16.3. The van der Waals surface area contributed by atoms with Crippen LogP contribution in [0.25, 0.3) is 0 Å². The van der Waals surface area contributed by atoms with Gasteiger partial charge in [-0.1, -0.05) is 115 Å². The highest BCUT2D eigenvalue weighted by atomic mass is 28.4. The van der Waals surface area contributed by atoms with Gasteiger partial charge in [0.05, 0.1) is 0 Å². The Morgan fingerprint density at radius 3 is 1.56 bits per heavy atom. The van der Waals surface area contributed by atoms with Crippen LogP contribution in [-0.4, -0.2) is 28.6 Å². The number of allylic oxidation sites excluding steroid dienone is 10. The van der Waals surface area contributed by atoms with Crippen molar-refractivity contribution < 1.29 is 13.3 Å². The second-order valence-corrected chi connectivity index (χ2v) is 24.6. The molecule has 0 saturated heterocycles. The van der Waals surface area contributed by atoms with Gasteiger partial charge in [-0.15, -0.1) is 13.2 Å². The van der Waals surface area contributed by atoms with Crippen molar-refractivity contribution in [3.8, 4) is 0 Å². The van der Waals surface area contributed by atoms with Gasteiger partial charge in [-0.3, -0.25) is 0 Å². The summed E-state index contributed by atoms with van der Waals surface area (Å²) >= 11 is 0. The molecular formula is C58H96O3Si. The highest BCUT2D eigenvalue weighted by Gasteiger charge is 2.59. The van der Waals surface area contributed by atoms with Crippen LogP contribution in [0.3, 0.4) is 0 Å². The van der Waals surface area contributed by atoms with E-state index in [0.717, 1.165) is 94.7 Å². The molecule has 0 N–H and O–H groups in total. The van der Waals surface area contributed by atoms with Crippen LogP contribution in [0, 0.1) is 101 Å². The molecule has 18 atom stereocenters. The summed E-state index contributed by atoms with van der Waals surface area (Å²) in [7, 11) is -2.47. The summed E-state index contributed by atoms with van der Waals surface area (Å²) in [5.41, 5.74) is 0.484. The molecule has 0 aromatic carbocycles. The summed E-state index contributed by atoms with van der Waals surface area (Å²) in [4.78, 5) is 0. The molecule has 0 radical (unpaired) electrons. The summed E-state index contributed by atoms with van der Waals surface area (Å²) in [6.45, 7) is 22.7. The highest BCUT2D eigenvalue weighted by Crippen LogP contribution is 2.66. The second-order valence-electron chi connectivity index (χ2n) is 21.8. The predicted molar refractivity (Wildman–Crippen MR) is 268 cm³/mol. The topological polar surface area (TPSA) is 27.7 Å². The molecule has 10 aliphatic rings. The van der Waals surface area contributed by atoms with Crippen molar-refractivity contribution in [2.45, 2.75) is 170 Å². The molecule has 350 valence electrons. The SMILES string of the molecule is C.C1=CC2CC1C1C3CCC(C3)C21.C=CC1CC(/C=C\C2CC(/C=C/CCCC)C3C4CCC(C4)C23)CC1C.C=CCCCC.CCO[Si](OCC)(OCC)C1CC2C=CC1C2. The second kappa shape index (κ2) is 23.8. The van der Waals surface area contributed by atoms with Gasteiger partial charge in [0.25, 0.3) is 0 Å². The molecule has 10 aliphatic carbocycles. The average molecular weight is 869 g/mol. The molecule has 0 heterocycles. The normalized spacial score (nSPS) is 41.8. The molecular weight excluding hydrogens is 773 g/mol. The van der Waals surface area contributed by atoms with Crippen molar-refractivity contribution in [3.63, 3.8) is 0 Å². The van der Waals surface area contributed by atoms with Gasteiger partial charge >= 0.3 is 8.80 Å². The lowest BCUT2D eigenvalue weighted by Gasteiger charge is -2.36. The number of fused-ring (bicyclic) bond motifs is 16. The minimum Gasteiger partial charge on any atom is -0.374 e. The molecule has 0 aromatic heterocycles. The molecule has 0 aromatic rings. The lowest BCUT2D eigenvalue weighted by molar-refractivity contribution is 0.0578. The van der Waals surface area contributed by atoms with Gasteiger partial charge in [-0.05, 0) is 211 Å². The molecule has 3 nitrogen and oxygen atoms in total. The summed E-state index contributed by atoms with van der Waals surface area (Å²) in [6.07, 6.45) is 49.7. The lowest BCUT2D eigenvalue weighted by atomic mass is 9.73. The third-order valence-corrected chi connectivity index (χ3v) is 22.0. The summed E-state index contributed by atoms with van der Waals surface area (Å²) in [5, 5.41) is 0. The molecule has 0 spiro atoms. The Labute approximate surface area is 384 Å². The van der Waals surface area contributed by atoms with E-state index in [0.29, 0.717) is 31.3 Å². The van der Waals surface area contributed by atoms with E-state index in [1.54, 1.807) is 25.7 Å². The van der Waals surface area contributed by atoms with Crippen LogP contribution in [0.4, 0.5) is 0 Å². The number of hydrogen-bond donors (Lipinski definition) is 0. The molecule has 8 fully saturated rings. The fourth-order valence-corrected chi connectivity index (χ4v) is 19.4. The van der Waals surface area contributed by atoms with E-state index >= 15 is 0 Å². The van der Waals surface area contributed by atoms with Crippen LogP contribution in [-0.2, 0) is 13.3 Å². The molecule has 18 unspecified atom stereocenters. The molecule has 8 saturated carbocycles. The van der Waals surface area contributed by atoms with Crippen LogP contribution in [0.2, 0.25) is 5.54 Å². The third-order valence-electron chi connectivity index (χ3n) is 18.3. The van der Waals surface area contributed by atoms with Crippen LogP contribution < -0.4 is 0 Å². The summed E-state index contributed by atoms with van der Waals surface area (Å²) in [6, 6.07) is 0. The van der Waals surface area contributed by atoms with Crippen molar-refractivity contribution in [2.75, 3.05) is 19.8 Å². The summed E-state index contributed by atoms with van der Waals surface area (Å²) < 4.78 is 18.0. The zero-order chi connectivity index (χ0) is 42.9. The van der Waals surface area contributed by atoms with Crippen LogP contribution in [0.15, 0.2) is 73.9 Å². The van der Waals surface area contributed by atoms with Gasteiger partial charge < -0.3 is 13.3 Å². The molecule has 0 amide bonds. The van der Waals surface area contributed by atoms with E-state index in [1.807, 2.05) is 26.8 Å². The first-order valence-electron chi connectivity index (χ1n) is 26.7. The van der Waals surface area contributed by atoms with Gasteiger partial charge in [0.2, 0.25) is 0 Å². The van der Waals surface area contributed by atoms with E-state index in [-0.39, 0.29) is 7.43 Å². The highest BCUT2D eigenvalue weighted by molar-refractivity contribution is 6.62. The number of unbranched alkanes of at least 4 members (excludes halogenated alkanes) is 4. The standard InChI is InChI=1S/C26H40.C13H24O3Si.C12H16.C6H12.CH4/c1-4-6-7-8-9-21-16-22(26-24-13-12-23(17-24)25(21)26)11-10-19-14-18(3)20(5-2)15-19;1-4-14-17(15-5-2,16-6-3)13-10-11-7-8-12(13)9-11;1-2-8-5-7(1)11-9-3-4-10(6-9)12(8)11;1-3-5-6-4-2;/h5,8-11,18-26H,2,4,6-7,12-17H2,1,3H3;7-8,11-13H,4-6,9-10H2,1-3H3;1-2,7-12H,3-6H2;3H,1,4-6H2,2H3;1H4/b9-8+,11-10-;;;;. The van der Waals surface area contributed by atoms with E-state index < -0.39 is 8.80 Å². The molecule has 4 heteroatoms. The zero-order valence-corrected chi connectivity index (χ0v) is 41.2. The maximum atomic E-state index is 6.01. The fourth-order valence-electron chi connectivity index (χ4n) is 16.0. The van der Waals surface area contributed by atoms with E-state index in [9.17, 15) is 0 Å². The van der Waals surface area contributed by atoms with Crippen molar-refractivity contribution in [3.05, 3.63) is 73.9 Å². The first-order chi connectivity index (χ1) is 29.8. The smallest absolute Gasteiger partial charge is 0.374 e. The molecule has 62 heavy (non-hydrogen) atoms. The van der Waals surface area contributed by atoms with Crippen molar-refractivity contribution >= 4 is 8.80 Å². The van der Waals surface area contributed by atoms with Gasteiger partial charge in [-0.2, -0.15) is 0 Å². The number of hydrogen-bond acceptors (Lipinski definition) is 3. The van der Waals surface area contributed by atoms with Gasteiger partial charge in [0.15, 0.2) is 0 Å². The lowest BCUT2D eigenvalue weighted by Crippen LogP contribution is -2.51. The summed E-state index contributed by atoms with van der Waals surface area (Å²) in [5.74, 6) is 16.3. The van der Waals surface area contributed by atoms with Gasteiger partial charge in [0.1, 0.15) is 0 Å². The van der Waals surface area contributed by atoms with E-state index in [1.165, 1.54) is 89.9 Å². The maximum absolute atomic E-state index is 6.01. The quantitative estimate of drug-likeness (QED) is 0.0631. The van der Waals surface area contributed by atoms with E-state index in [4.69, 9.17) is 13.3 Å². The third kappa shape index (κ3) is 11.0. The van der Waals surface area contributed by atoms with Crippen LogP contribution in [0.5, 0.6) is 0 Å². The Morgan fingerprint density at radius 1 is 0.548 bits per heavy atom. The fraction of sp³-hybridized carbons (Fsp3) is 0.793. The first-order valence-corrected chi connectivity index (χ1v) is 28.5. The van der Waals surface area contributed by atoms with Gasteiger partial charge in [-0.25, -0.2) is 0 Å². The zero-order valence-electron chi connectivity index (χ0n) is 40.2. The Bertz CT molecular complexity index is 1450. The Balaban J connectivity index is 0.000000153. The maximum Gasteiger partial charge on any atom is 0.504 e. The molecule has 0 aliphatic heterocycles. The van der Waals surface area contributed by atoms with Crippen molar-refractivity contribution in [1.82, 2.24) is 0 Å². The van der Waals surface area contributed by atoms with E-state index in [2.05, 4.69) is 88.6 Å². The average Bonchev–Trinajstić information content (AvgIpc) is 4.12. The minimum atomic E-state index is -2.47. The molecule has 10 rings (SSSR count). The van der Waals surface area contributed by atoms with Crippen LogP contribution >= 0.6 is 0 Å². The largest absolute Gasteiger partial charge is 0.504 e. The van der Waals surface area contributed by atoms with Crippen LogP contribution in [0.1, 0.15) is 165 Å². The minimum absolute atomic E-state index is 0. The Hall–Kier alpha value is -1.46. The molecule has 8 bridgehead atoms. The Kier molecular flexibility index (Phi) is 19.2. The Morgan fingerprint density at radius 2 is 1.10 bits per heavy atom. The van der Waals surface area contributed by atoms with Crippen molar-refractivity contribution in [2.24, 2.45) is 101 Å². The van der Waals surface area contributed by atoms with Crippen molar-refractivity contribution in [1.29, 1.82) is 0 Å².